The third kappa shape index (κ3) is 2.99. The van der Waals surface area contributed by atoms with Crippen LogP contribution >= 0.6 is 11.8 Å². The highest BCUT2D eigenvalue weighted by Crippen LogP contribution is 2.36. The molecule has 0 saturated carbocycles. The molecular formula is C14H18O3S. The lowest BCUT2D eigenvalue weighted by atomic mass is 9.95. The predicted molar refractivity (Wildman–Crippen MR) is 73.5 cm³/mol. The van der Waals surface area contributed by atoms with Crippen LogP contribution in [0.15, 0.2) is 24.3 Å². The number of benzene rings is 1. The standard InChI is InChI=1S/C14H18O3S/c1-2-13(14(15)16)18-9-10-7-8-17-12-6-4-3-5-11(10)12/h3-6,10,13H,2,7-9H2,1H3,(H,15,16). The first-order chi connectivity index (χ1) is 8.72. The van der Waals surface area contributed by atoms with E-state index in [1.54, 1.807) is 11.8 Å². The summed E-state index contributed by atoms with van der Waals surface area (Å²) in [5.41, 5.74) is 1.22. The smallest absolute Gasteiger partial charge is 0.316 e. The molecule has 0 aromatic heterocycles. The first kappa shape index (κ1) is 13.3. The maximum Gasteiger partial charge on any atom is 0.316 e. The zero-order valence-corrected chi connectivity index (χ0v) is 11.3. The zero-order chi connectivity index (χ0) is 13.0. The highest BCUT2D eigenvalue weighted by Gasteiger charge is 2.24. The molecule has 4 heteroatoms. The lowest BCUT2D eigenvalue weighted by molar-refractivity contribution is -0.136. The molecule has 0 saturated heterocycles. The highest BCUT2D eigenvalue weighted by molar-refractivity contribution is 8.00. The molecule has 1 aromatic rings. The summed E-state index contributed by atoms with van der Waals surface area (Å²) in [5.74, 6) is 1.51. The summed E-state index contributed by atoms with van der Waals surface area (Å²) >= 11 is 1.54. The van der Waals surface area contributed by atoms with Crippen LogP contribution in [0.2, 0.25) is 0 Å². The number of carbonyl (C=O) groups is 1. The lowest BCUT2D eigenvalue weighted by Crippen LogP contribution is -2.20. The van der Waals surface area contributed by atoms with Gasteiger partial charge in [-0.25, -0.2) is 0 Å². The molecule has 1 aromatic carbocycles. The first-order valence-corrected chi connectivity index (χ1v) is 7.33. The monoisotopic (exact) mass is 266 g/mol. The van der Waals surface area contributed by atoms with Crippen molar-refractivity contribution in [1.29, 1.82) is 0 Å². The van der Waals surface area contributed by atoms with Crippen LogP contribution in [0.25, 0.3) is 0 Å². The summed E-state index contributed by atoms with van der Waals surface area (Å²) in [7, 11) is 0. The molecule has 18 heavy (non-hydrogen) atoms. The molecule has 2 rings (SSSR count). The number of carboxylic acid groups (broad SMARTS) is 1. The molecule has 0 aliphatic carbocycles. The van der Waals surface area contributed by atoms with Crippen molar-refractivity contribution in [2.75, 3.05) is 12.4 Å². The Kier molecular flexibility index (Phi) is 4.53. The number of carboxylic acids is 1. The second-order valence-electron chi connectivity index (χ2n) is 4.44. The Bertz CT molecular complexity index is 419. The van der Waals surface area contributed by atoms with Crippen molar-refractivity contribution >= 4 is 17.7 Å². The van der Waals surface area contributed by atoms with Crippen LogP contribution in [0.3, 0.4) is 0 Å². The number of hydrogen-bond donors (Lipinski definition) is 1. The van der Waals surface area contributed by atoms with E-state index in [9.17, 15) is 4.79 Å². The summed E-state index contributed by atoms with van der Waals surface area (Å²) in [5, 5.41) is 8.76. The third-order valence-electron chi connectivity index (χ3n) is 3.23. The Balaban J connectivity index is 2.01. The third-order valence-corrected chi connectivity index (χ3v) is 4.76. The van der Waals surface area contributed by atoms with Crippen molar-refractivity contribution in [3.8, 4) is 5.75 Å². The summed E-state index contributed by atoms with van der Waals surface area (Å²) in [6.45, 7) is 2.65. The number of rotatable bonds is 5. The van der Waals surface area contributed by atoms with Crippen molar-refractivity contribution in [3.05, 3.63) is 29.8 Å². The van der Waals surface area contributed by atoms with Gasteiger partial charge in [-0.1, -0.05) is 25.1 Å². The van der Waals surface area contributed by atoms with Crippen LogP contribution in [-0.4, -0.2) is 28.7 Å². The van der Waals surface area contributed by atoms with Gasteiger partial charge in [-0.05, 0) is 30.4 Å². The van der Waals surface area contributed by atoms with Crippen LogP contribution < -0.4 is 4.74 Å². The van der Waals surface area contributed by atoms with Crippen molar-refractivity contribution < 1.29 is 14.6 Å². The van der Waals surface area contributed by atoms with Gasteiger partial charge in [-0.3, -0.25) is 4.79 Å². The van der Waals surface area contributed by atoms with Gasteiger partial charge in [0.05, 0.1) is 6.61 Å². The van der Waals surface area contributed by atoms with Crippen molar-refractivity contribution in [2.24, 2.45) is 0 Å². The minimum atomic E-state index is -0.706. The van der Waals surface area contributed by atoms with Gasteiger partial charge in [0.15, 0.2) is 0 Å². The first-order valence-electron chi connectivity index (χ1n) is 6.28. The fourth-order valence-corrected chi connectivity index (χ4v) is 3.37. The molecule has 0 bridgehead atoms. The van der Waals surface area contributed by atoms with Gasteiger partial charge in [0.2, 0.25) is 0 Å². The second-order valence-corrected chi connectivity index (χ2v) is 5.68. The van der Waals surface area contributed by atoms with Gasteiger partial charge < -0.3 is 9.84 Å². The van der Waals surface area contributed by atoms with E-state index < -0.39 is 5.97 Å². The van der Waals surface area contributed by atoms with Crippen LogP contribution in [0.5, 0.6) is 5.75 Å². The maximum absolute atomic E-state index is 11.0. The number of ether oxygens (including phenoxy) is 1. The lowest BCUT2D eigenvalue weighted by Gasteiger charge is -2.26. The van der Waals surface area contributed by atoms with Gasteiger partial charge in [0, 0.05) is 5.75 Å². The quantitative estimate of drug-likeness (QED) is 0.889. The molecule has 1 heterocycles. The van der Waals surface area contributed by atoms with Crippen LogP contribution in [0, 0.1) is 0 Å². The number of hydrogen-bond acceptors (Lipinski definition) is 3. The molecule has 0 radical (unpaired) electrons. The second kappa shape index (κ2) is 6.14. The molecule has 98 valence electrons. The van der Waals surface area contributed by atoms with E-state index in [1.165, 1.54) is 5.56 Å². The molecule has 2 unspecified atom stereocenters. The Labute approximate surface area is 112 Å². The normalized spacial score (nSPS) is 19.7. The summed E-state index contributed by atoms with van der Waals surface area (Å²) < 4.78 is 5.61. The topological polar surface area (TPSA) is 46.5 Å². The molecule has 1 N–H and O–H groups in total. The Morgan fingerprint density at radius 3 is 3.06 bits per heavy atom. The van der Waals surface area contributed by atoms with Crippen LogP contribution in [0.4, 0.5) is 0 Å². The number of fused-ring (bicyclic) bond motifs is 1. The molecule has 1 aliphatic heterocycles. The van der Waals surface area contributed by atoms with Crippen molar-refractivity contribution in [1.82, 2.24) is 0 Å². The average molecular weight is 266 g/mol. The molecule has 0 fully saturated rings. The number of para-hydroxylation sites is 1. The Morgan fingerprint density at radius 1 is 1.56 bits per heavy atom. The largest absolute Gasteiger partial charge is 0.493 e. The fourth-order valence-electron chi connectivity index (χ4n) is 2.19. The van der Waals surface area contributed by atoms with E-state index in [1.807, 2.05) is 25.1 Å². The summed E-state index contributed by atoms with van der Waals surface area (Å²) in [4.78, 5) is 11.0. The van der Waals surface area contributed by atoms with E-state index in [4.69, 9.17) is 9.84 Å². The van der Waals surface area contributed by atoms with Gasteiger partial charge in [0.25, 0.3) is 0 Å². The van der Waals surface area contributed by atoms with Gasteiger partial charge in [-0.15, -0.1) is 11.8 Å². The zero-order valence-electron chi connectivity index (χ0n) is 10.5. The minimum Gasteiger partial charge on any atom is -0.493 e. The van der Waals surface area contributed by atoms with E-state index in [-0.39, 0.29) is 5.25 Å². The fraction of sp³-hybridized carbons (Fsp3) is 0.500. The SMILES string of the molecule is CCC(SCC1CCOc2ccccc21)C(=O)O. The van der Waals surface area contributed by atoms with E-state index >= 15 is 0 Å². The average Bonchev–Trinajstić information content (AvgIpc) is 2.39. The van der Waals surface area contributed by atoms with Gasteiger partial charge >= 0.3 is 5.97 Å². The molecular weight excluding hydrogens is 248 g/mol. The van der Waals surface area contributed by atoms with E-state index in [2.05, 4.69) is 6.07 Å². The Morgan fingerprint density at radius 2 is 2.33 bits per heavy atom. The summed E-state index contributed by atoms with van der Waals surface area (Å²) in [6, 6.07) is 8.06. The number of aliphatic carboxylic acids is 1. The predicted octanol–water partition coefficient (Wildman–Crippen LogP) is 3.15. The van der Waals surface area contributed by atoms with Crippen LogP contribution in [0.1, 0.15) is 31.2 Å². The summed E-state index contributed by atoms with van der Waals surface area (Å²) in [6.07, 6.45) is 1.64. The minimum absolute atomic E-state index is 0.292. The van der Waals surface area contributed by atoms with Crippen molar-refractivity contribution in [3.63, 3.8) is 0 Å². The van der Waals surface area contributed by atoms with Gasteiger partial charge in [-0.2, -0.15) is 0 Å². The molecule has 0 spiro atoms. The van der Waals surface area contributed by atoms with Crippen molar-refractivity contribution in [2.45, 2.75) is 30.9 Å². The number of thioether (sulfide) groups is 1. The van der Waals surface area contributed by atoms with Gasteiger partial charge in [0.1, 0.15) is 11.0 Å². The molecule has 0 amide bonds. The van der Waals surface area contributed by atoms with E-state index in [0.717, 1.165) is 24.5 Å². The maximum atomic E-state index is 11.0. The Hall–Kier alpha value is -1.16. The molecule has 3 nitrogen and oxygen atoms in total. The van der Waals surface area contributed by atoms with Crippen LogP contribution in [-0.2, 0) is 4.79 Å². The van der Waals surface area contributed by atoms with E-state index in [0.29, 0.717) is 12.3 Å². The molecule has 1 aliphatic rings. The molecule has 2 atom stereocenters. The highest BCUT2D eigenvalue weighted by atomic mass is 32.2.